The molecule has 36 heavy (non-hydrogen) atoms. The van der Waals surface area contributed by atoms with Crippen LogP contribution in [0.25, 0.3) is 21.1 Å². The van der Waals surface area contributed by atoms with Crippen LogP contribution in [0.2, 0.25) is 0 Å². The van der Waals surface area contributed by atoms with Gasteiger partial charge < -0.3 is 20.1 Å². The fourth-order valence-corrected chi connectivity index (χ4v) is 4.88. The summed E-state index contributed by atoms with van der Waals surface area (Å²) in [7, 11) is 0. The van der Waals surface area contributed by atoms with Gasteiger partial charge in [-0.25, -0.2) is 15.0 Å². The lowest BCUT2D eigenvalue weighted by Gasteiger charge is -2.14. The standard InChI is InChI=1S/C27H23N5O3S/c1-16-10-18(3-6-24(16)35-20-4-7-25-23(12-20)30-15-36-25)31-26-21-11-19(2-5-22(21)28-14-29-26)32-27(33)17-8-9-34-13-17/h2-7,10-12,14-15,17H,8-9,13H2,1H3,(H,32,33)(H,28,29,31). The van der Waals surface area contributed by atoms with Crippen LogP contribution in [0.1, 0.15) is 12.0 Å². The Morgan fingerprint density at radius 2 is 1.94 bits per heavy atom. The van der Waals surface area contributed by atoms with E-state index < -0.39 is 0 Å². The number of fused-ring (bicyclic) bond motifs is 2. The van der Waals surface area contributed by atoms with Crippen LogP contribution >= 0.6 is 11.3 Å². The Morgan fingerprint density at radius 3 is 2.81 bits per heavy atom. The van der Waals surface area contributed by atoms with E-state index in [1.54, 1.807) is 11.3 Å². The molecule has 0 saturated carbocycles. The molecule has 1 aliphatic rings. The summed E-state index contributed by atoms with van der Waals surface area (Å²) in [6.07, 6.45) is 2.27. The van der Waals surface area contributed by atoms with Gasteiger partial charge in [0.2, 0.25) is 5.91 Å². The molecular formula is C27H23N5O3S. The van der Waals surface area contributed by atoms with Crippen LogP contribution < -0.4 is 15.4 Å². The van der Waals surface area contributed by atoms with E-state index in [4.69, 9.17) is 9.47 Å². The van der Waals surface area contributed by atoms with Crippen molar-refractivity contribution in [2.45, 2.75) is 13.3 Å². The van der Waals surface area contributed by atoms with E-state index in [2.05, 4.69) is 25.6 Å². The smallest absolute Gasteiger partial charge is 0.229 e. The number of amides is 1. The maximum absolute atomic E-state index is 12.5. The molecule has 3 heterocycles. The van der Waals surface area contributed by atoms with Crippen molar-refractivity contribution < 1.29 is 14.3 Å². The minimum absolute atomic E-state index is 0.0293. The second-order valence-electron chi connectivity index (χ2n) is 8.69. The third-order valence-electron chi connectivity index (χ3n) is 6.17. The first kappa shape index (κ1) is 22.4. The fraction of sp³-hybridized carbons (Fsp3) is 0.185. The maximum Gasteiger partial charge on any atom is 0.229 e. The number of carbonyl (C=O) groups is 1. The van der Waals surface area contributed by atoms with Gasteiger partial charge in [-0.15, -0.1) is 11.3 Å². The fourth-order valence-electron chi connectivity index (χ4n) is 4.23. The molecule has 0 radical (unpaired) electrons. The molecule has 0 aliphatic carbocycles. The van der Waals surface area contributed by atoms with Crippen molar-refractivity contribution >= 4 is 55.6 Å². The lowest BCUT2D eigenvalue weighted by Crippen LogP contribution is -2.22. The van der Waals surface area contributed by atoms with Crippen LogP contribution in [-0.2, 0) is 9.53 Å². The summed E-state index contributed by atoms with van der Waals surface area (Å²) in [6, 6.07) is 17.4. The number of hydrogen-bond acceptors (Lipinski definition) is 8. The molecule has 1 fully saturated rings. The summed E-state index contributed by atoms with van der Waals surface area (Å²) in [6.45, 7) is 3.09. The molecule has 3 aromatic carbocycles. The lowest BCUT2D eigenvalue weighted by atomic mass is 10.1. The molecule has 2 N–H and O–H groups in total. The summed E-state index contributed by atoms with van der Waals surface area (Å²) in [5.74, 6) is 2.03. The van der Waals surface area contributed by atoms with Crippen molar-refractivity contribution in [3.63, 3.8) is 0 Å². The third-order valence-corrected chi connectivity index (χ3v) is 6.98. The molecule has 1 unspecified atom stereocenters. The van der Waals surface area contributed by atoms with Gasteiger partial charge >= 0.3 is 0 Å². The Labute approximate surface area is 211 Å². The number of thiazole rings is 1. The Morgan fingerprint density at radius 1 is 1.03 bits per heavy atom. The average molecular weight is 498 g/mol. The highest BCUT2D eigenvalue weighted by molar-refractivity contribution is 7.16. The predicted octanol–water partition coefficient (Wildman–Crippen LogP) is 6.06. The van der Waals surface area contributed by atoms with E-state index in [9.17, 15) is 4.79 Å². The van der Waals surface area contributed by atoms with Crippen molar-refractivity contribution in [3.05, 3.63) is 72.0 Å². The number of anilines is 3. The van der Waals surface area contributed by atoms with Crippen LogP contribution in [0, 0.1) is 12.8 Å². The predicted molar refractivity (Wildman–Crippen MR) is 141 cm³/mol. The van der Waals surface area contributed by atoms with E-state index in [1.807, 2.05) is 67.0 Å². The highest BCUT2D eigenvalue weighted by Crippen LogP contribution is 2.32. The van der Waals surface area contributed by atoms with Crippen LogP contribution in [0.4, 0.5) is 17.2 Å². The van der Waals surface area contributed by atoms with Crippen molar-refractivity contribution in [1.82, 2.24) is 15.0 Å². The van der Waals surface area contributed by atoms with E-state index in [0.29, 0.717) is 24.7 Å². The minimum Gasteiger partial charge on any atom is -0.457 e. The first-order valence-corrected chi connectivity index (χ1v) is 12.5. The molecule has 0 bridgehead atoms. The van der Waals surface area contributed by atoms with Crippen molar-refractivity contribution in [2.24, 2.45) is 5.92 Å². The van der Waals surface area contributed by atoms with Gasteiger partial charge in [0.1, 0.15) is 23.6 Å². The summed E-state index contributed by atoms with van der Waals surface area (Å²) < 4.78 is 12.6. The highest BCUT2D eigenvalue weighted by atomic mass is 32.1. The molecule has 1 aliphatic heterocycles. The van der Waals surface area contributed by atoms with Gasteiger partial charge in [-0.3, -0.25) is 4.79 Å². The SMILES string of the molecule is Cc1cc(Nc2ncnc3ccc(NC(=O)C4CCOC4)cc23)ccc1Oc1ccc2scnc2c1. The molecule has 1 amide bonds. The molecule has 0 spiro atoms. The Hall–Kier alpha value is -4.08. The second kappa shape index (κ2) is 9.52. The van der Waals surface area contributed by atoms with E-state index in [1.165, 1.54) is 6.33 Å². The van der Waals surface area contributed by atoms with Gasteiger partial charge in [0.25, 0.3) is 0 Å². The number of rotatable bonds is 6. The highest BCUT2D eigenvalue weighted by Gasteiger charge is 2.23. The zero-order valence-electron chi connectivity index (χ0n) is 19.5. The number of ether oxygens (including phenoxy) is 2. The molecule has 8 nitrogen and oxygen atoms in total. The second-order valence-corrected chi connectivity index (χ2v) is 9.58. The largest absolute Gasteiger partial charge is 0.457 e. The topological polar surface area (TPSA) is 98.3 Å². The van der Waals surface area contributed by atoms with Gasteiger partial charge in [-0.1, -0.05) is 0 Å². The summed E-state index contributed by atoms with van der Waals surface area (Å²) in [5.41, 5.74) is 6.09. The van der Waals surface area contributed by atoms with Gasteiger partial charge in [0, 0.05) is 29.4 Å². The number of carbonyl (C=O) groups excluding carboxylic acids is 1. The normalized spacial score (nSPS) is 15.3. The third kappa shape index (κ3) is 4.58. The van der Waals surface area contributed by atoms with Gasteiger partial charge in [0.15, 0.2) is 0 Å². The van der Waals surface area contributed by atoms with Crippen LogP contribution in [0.15, 0.2) is 66.4 Å². The van der Waals surface area contributed by atoms with Crippen LogP contribution in [-0.4, -0.2) is 34.1 Å². The maximum atomic E-state index is 12.5. The lowest BCUT2D eigenvalue weighted by molar-refractivity contribution is -0.119. The number of nitrogens with one attached hydrogen (secondary N) is 2. The molecule has 180 valence electrons. The number of hydrogen-bond donors (Lipinski definition) is 2. The van der Waals surface area contributed by atoms with E-state index in [0.717, 1.165) is 50.3 Å². The quantitative estimate of drug-likeness (QED) is 0.294. The Kier molecular flexibility index (Phi) is 5.92. The Balaban J connectivity index is 1.22. The number of nitrogens with zero attached hydrogens (tertiary/aromatic N) is 3. The zero-order valence-corrected chi connectivity index (χ0v) is 20.3. The first-order chi connectivity index (χ1) is 17.6. The summed E-state index contributed by atoms with van der Waals surface area (Å²) in [4.78, 5) is 25.7. The van der Waals surface area contributed by atoms with Gasteiger partial charge in [-0.05, 0) is 67.4 Å². The molecule has 1 atom stereocenters. The van der Waals surface area contributed by atoms with Gasteiger partial charge in [0.05, 0.1) is 33.8 Å². The van der Waals surface area contributed by atoms with Crippen molar-refractivity contribution in [3.8, 4) is 11.5 Å². The van der Waals surface area contributed by atoms with Crippen LogP contribution in [0.5, 0.6) is 11.5 Å². The molecule has 2 aromatic heterocycles. The van der Waals surface area contributed by atoms with Crippen LogP contribution in [0.3, 0.4) is 0 Å². The average Bonchev–Trinajstić information content (AvgIpc) is 3.58. The Bertz CT molecular complexity index is 1580. The number of benzene rings is 3. The van der Waals surface area contributed by atoms with Crippen molar-refractivity contribution in [1.29, 1.82) is 0 Å². The monoisotopic (exact) mass is 497 g/mol. The number of aryl methyl sites for hydroxylation is 1. The molecule has 5 aromatic rings. The molecule has 6 rings (SSSR count). The minimum atomic E-state index is -0.113. The van der Waals surface area contributed by atoms with Crippen molar-refractivity contribution in [2.75, 3.05) is 23.8 Å². The van der Waals surface area contributed by atoms with E-state index >= 15 is 0 Å². The zero-order chi connectivity index (χ0) is 24.5. The molecular weight excluding hydrogens is 474 g/mol. The first-order valence-electron chi connectivity index (χ1n) is 11.6. The molecule has 9 heteroatoms. The number of aromatic nitrogens is 3. The summed E-state index contributed by atoms with van der Waals surface area (Å²) in [5, 5.41) is 7.19. The van der Waals surface area contributed by atoms with Gasteiger partial charge in [-0.2, -0.15) is 0 Å². The summed E-state index contributed by atoms with van der Waals surface area (Å²) >= 11 is 1.61. The van der Waals surface area contributed by atoms with E-state index in [-0.39, 0.29) is 11.8 Å². The molecule has 1 saturated heterocycles.